The first-order chi connectivity index (χ1) is 8.13. The van der Waals surface area contributed by atoms with Crippen molar-refractivity contribution in [3.8, 4) is 0 Å². The summed E-state index contributed by atoms with van der Waals surface area (Å²) < 4.78 is 30.3. The second-order valence-corrected chi connectivity index (χ2v) is 3.70. The maximum Gasteiger partial charge on any atom is 0.338 e. The Labute approximate surface area is 98.8 Å². The van der Waals surface area contributed by atoms with Gasteiger partial charge in [-0.25, -0.2) is 4.79 Å². The van der Waals surface area contributed by atoms with Crippen LogP contribution in [-0.2, 0) is 4.74 Å². The highest BCUT2D eigenvalue weighted by molar-refractivity contribution is 5.89. The number of hydrogen-bond acceptors (Lipinski definition) is 3. The maximum absolute atomic E-state index is 12.7. The van der Waals surface area contributed by atoms with Crippen molar-refractivity contribution < 1.29 is 18.3 Å². The van der Waals surface area contributed by atoms with Gasteiger partial charge in [-0.1, -0.05) is 26.2 Å². The summed E-state index contributed by atoms with van der Waals surface area (Å²) in [5.41, 5.74) is -0.148. The van der Waals surface area contributed by atoms with Crippen molar-refractivity contribution in [2.45, 2.75) is 32.6 Å². The van der Waals surface area contributed by atoms with Crippen molar-refractivity contribution in [1.82, 2.24) is 4.98 Å². The summed E-state index contributed by atoms with van der Waals surface area (Å²) in [4.78, 5) is 14.3. The van der Waals surface area contributed by atoms with E-state index in [2.05, 4.69) is 11.9 Å². The van der Waals surface area contributed by atoms with E-state index in [1.54, 1.807) is 0 Å². The molecule has 0 saturated carbocycles. The number of esters is 1. The summed E-state index contributed by atoms with van der Waals surface area (Å²) in [5.74, 6) is -2.77. The van der Waals surface area contributed by atoms with Gasteiger partial charge in [-0.3, -0.25) is 0 Å². The third kappa shape index (κ3) is 4.89. The Morgan fingerprint density at radius 1 is 1.24 bits per heavy atom. The summed E-state index contributed by atoms with van der Waals surface area (Å²) in [5, 5.41) is 0. The van der Waals surface area contributed by atoms with Crippen molar-refractivity contribution in [3.05, 3.63) is 29.6 Å². The third-order valence-corrected chi connectivity index (χ3v) is 2.23. The molecule has 3 nitrogen and oxygen atoms in total. The van der Waals surface area contributed by atoms with Crippen molar-refractivity contribution in [1.29, 1.82) is 0 Å². The fourth-order valence-electron chi connectivity index (χ4n) is 1.36. The zero-order valence-corrected chi connectivity index (χ0v) is 9.71. The van der Waals surface area contributed by atoms with Gasteiger partial charge in [0.25, 0.3) is 0 Å². The molecule has 0 aliphatic heterocycles. The van der Waals surface area contributed by atoms with Gasteiger partial charge in [0.05, 0.1) is 12.2 Å². The van der Waals surface area contributed by atoms with Crippen LogP contribution >= 0.6 is 0 Å². The third-order valence-electron chi connectivity index (χ3n) is 2.23. The van der Waals surface area contributed by atoms with Gasteiger partial charge in [-0.15, -0.1) is 0 Å². The zero-order valence-electron chi connectivity index (χ0n) is 9.71. The Bertz CT molecular complexity index is 363. The predicted molar refractivity (Wildman–Crippen MR) is 58.6 cm³/mol. The molecule has 0 aromatic carbocycles. The lowest BCUT2D eigenvalue weighted by Crippen LogP contribution is -2.08. The lowest BCUT2D eigenvalue weighted by atomic mass is 10.2. The minimum atomic E-state index is -1.03. The van der Waals surface area contributed by atoms with Gasteiger partial charge in [-0.05, 0) is 6.42 Å². The van der Waals surface area contributed by atoms with Crippen molar-refractivity contribution in [3.63, 3.8) is 0 Å². The lowest BCUT2D eigenvalue weighted by molar-refractivity contribution is 0.0496. The fourth-order valence-corrected chi connectivity index (χ4v) is 1.36. The van der Waals surface area contributed by atoms with Crippen molar-refractivity contribution in [2.24, 2.45) is 0 Å². The first-order valence-corrected chi connectivity index (χ1v) is 5.63. The van der Waals surface area contributed by atoms with Gasteiger partial charge < -0.3 is 4.74 Å². The molecule has 0 radical (unpaired) electrons. The molecule has 1 rings (SSSR count). The predicted octanol–water partition coefficient (Wildman–Crippen LogP) is 3.10. The van der Waals surface area contributed by atoms with E-state index >= 15 is 0 Å². The minimum Gasteiger partial charge on any atom is -0.462 e. The van der Waals surface area contributed by atoms with E-state index in [0.29, 0.717) is 0 Å². The minimum absolute atomic E-state index is 0.148. The Balaban J connectivity index is 2.41. The number of hydrogen-bond donors (Lipinski definition) is 0. The zero-order chi connectivity index (χ0) is 12.7. The number of carbonyl (C=O) groups is 1. The van der Waals surface area contributed by atoms with Gasteiger partial charge in [0.15, 0.2) is 0 Å². The second kappa shape index (κ2) is 6.93. The number of pyridine rings is 1. The number of unbranched alkanes of at least 4 members (excludes halogenated alkanes) is 3. The molecular weight excluding hydrogens is 228 g/mol. The second-order valence-electron chi connectivity index (χ2n) is 3.70. The first-order valence-electron chi connectivity index (χ1n) is 5.63. The normalized spacial score (nSPS) is 10.3. The molecule has 0 aliphatic rings. The lowest BCUT2D eigenvalue weighted by Gasteiger charge is -2.04. The van der Waals surface area contributed by atoms with Crippen molar-refractivity contribution in [2.75, 3.05) is 6.61 Å². The highest BCUT2D eigenvalue weighted by Crippen LogP contribution is 2.07. The molecule has 5 heteroatoms. The molecule has 1 aromatic heterocycles. The smallest absolute Gasteiger partial charge is 0.338 e. The van der Waals surface area contributed by atoms with Crippen LogP contribution in [0.2, 0.25) is 0 Å². The number of carbonyl (C=O) groups excluding carboxylic acids is 1. The summed E-state index contributed by atoms with van der Waals surface area (Å²) in [6.07, 6.45) is 3.91. The van der Waals surface area contributed by atoms with Gasteiger partial charge in [0.1, 0.15) is 0 Å². The van der Waals surface area contributed by atoms with Gasteiger partial charge in [0, 0.05) is 12.1 Å². The SMILES string of the molecule is CCCCCCOC(=O)c1cc(F)nc(F)c1. The Kier molecular flexibility index (Phi) is 5.52. The molecule has 0 aliphatic carbocycles. The molecule has 17 heavy (non-hydrogen) atoms. The summed E-state index contributed by atoms with van der Waals surface area (Å²) in [6, 6.07) is 1.72. The molecule has 1 aromatic rings. The summed E-state index contributed by atoms with van der Waals surface area (Å²) in [6.45, 7) is 2.35. The summed E-state index contributed by atoms with van der Waals surface area (Å²) in [7, 11) is 0. The molecule has 0 unspecified atom stereocenters. The van der Waals surface area contributed by atoms with Crippen LogP contribution in [0.3, 0.4) is 0 Å². The van der Waals surface area contributed by atoms with Gasteiger partial charge >= 0.3 is 5.97 Å². The molecule has 94 valence electrons. The molecule has 0 amide bonds. The fraction of sp³-hybridized carbons (Fsp3) is 0.500. The highest BCUT2D eigenvalue weighted by atomic mass is 19.1. The van der Waals surface area contributed by atoms with Crippen LogP contribution in [0.25, 0.3) is 0 Å². The van der Waals surface area contributed by atoms with E-state index < -0.39 is 17.9 Å². The Morgan fingerprint density at radius 2 is 1.88 bits per heavy atom. The number of rotatable bonds is 6. The summed E-state index contributed by atoms with van der Waals surface area (Å²) >= 11 is 0. The van der Waals surface area contributed by atoms with Crippen LogP contribution in [0, 0.1) is 11.9 Å². The van der Waals surface area contributed by atoms with Crippen LogP contribution in [0.4, 0.5) is 8.78 Å². The molecule has 0 N–H and O–H groups in total. The molecule has 0 fully saturated rings. The van der Waals surface area contributed by atoms with E-state index in [4.69, 9.17) is 4.74 Å². The topological polar surface area (TPSA) is 39.2 Å². The van der Waals surface area contributed by atoms with E-state index in [1.165, 1.54) is 0 Å². The maximum atomic E-state index is 12.7. The quantitative estimate of drug-likeness (QED) is 0.438. The molecular formula is C12H15F2NO2. The largest absolute Gasteiger partial charge is 0.462 e. The molecule has 0 bridgehead atoms. The molecule has 1 heterocycles. The van der Waals surface area contributed by atoms with E-state index in [1.807, 2.05) is 0 Å². The molecule has 0 atom stereocenters. The average Bonchev–Trinajstić information content (AvgIpc) is 2.27. The van der Waals surface area contributed by atoms with Gasteiger partial charge in [0.2, 0.25) is 11.9 Å². The number of halogens is 2. The first kappa shape index (κ1) is 13.5. The molecule has 0 spiro atoms. The molecule has 0 saturated heterocycles. The monoisotopic (exact) mass is 243 g/mol. The van der Waals surface area contributed by atoms with Gasteiger partial charge in [-0.2, -0.15) is 13.8 Å². The Hall–Kier alpha value is -1.52. The van der Waals surface area contributed by atoms with Crippen LogP contribution in [0.15, 0.2) is 12.1 Å². The number of ether oxygens (including phenoxy) is 1. The van der Waals surface area contributed by atoms with E-state index in [-0.39, 0.29) is 12.2 Å². The Morgan fingerprint density at radius 3 is 2.47 bits per heavy atom. The number of nitrogens with zero attached hydrogens (tertiary/aromatic N) is 1. The van der Waals surface area contributed by atoms with E-state index in [0.717, 1.165) is 37.8 Å². The van der Waals surface area contributed by atoms with Crippen LogP contribution in [-0.4, -0.2) is 17.6 Å². The van der Waals surface area contributed by atoms with Crippen LogP contribution in [0.5, 0.6) is 0 Å². The van der Waals surface area contributed by atoms with E-state index in [9.17, 15) is 13.6 Å². The van der Waals surface area contributed by atoms with Crippen LogP contribution < -0.4 is 0 Å². The standard InChI is InChI=1S/C12H15F2NO2/c1-2-3-4-5-6-17-12(16)9-7-10(13)15-11(14)8-9/h7-8H,2-6H2,1H3. The van der Waals surface area contributed by atoms with Crippen LogP contribution in [0.1, 0.15) is 43.0 Å². The highest BCUT2D eigenvalue weighted by Gasteiger charge is 2.11. The van der Waals surface area contributed by atoms with Crippen molar-refractivity contribution >= 4 is 5.97 Å². The average molecular weight is 243 g/mol. The number of aromatic nitrogens is 1.